The number of carbonyl (C=O) groups excluding carboxylic acids is 2. The minimum Gasteiger partial charge on any atom is -0.415 e. The molecule has 1 aliphatic heterocycles. The lowest BCUT2D eigenvalue weighted by Crippen LogP contribution is -2.43. The van der Waals surface area contributed by atoms with Crippen molar-refractivity contribution in [3.05, 3.63) is 28.5 Å². The molecule has 1 heterocycles. The lowest BCUT2D eigenvalue weighted by Gasteiger charge is -2.36. The number of anilines is 1. The topological polar surface area (TPSA) is 49.9 Å². The first-order chi connectivity index (χ1) is 11.4. The van der Waals surface area contributed by atoms with Crippen LogP contribution in [0.5, 0.6) is 0 Å². The SMILES string of the molecule is CC(C)(C)[Si](C)(C)OCCN1CC(=O)N(c2ccc(Br)cc2F)C1=O. The van der Waals surface area contributed by atoms with Crippen molar-refractivity contribution >= 4 is 41.9 Å². The zero-order valence-corrected chi connectivity index (χ0v) is 17.8. The Morgan fingerprint density at radius 2 is 1.92 bits per heavy atom. The van der Waals surface area contributed by atoms with Gasteiger partial charge in [0, 0.05) is 11.0 Å². The van der Waals surface area contributed by atoms with Crippen LogP contribution in [-0.2, 0) is 9.22 Å². The highest BCUT2D eigenvalue weighted by molar-refractivity contribution is 9.10. The van der Waals surface area contributed by atoms with Crippen molar-refractivity contribution in [1.29, 1.82) is 0 Å². The van der Waals surface area contributed by atoms with E-state index in [2.05, 4.69) is 49.8 Å². The lowest BCUT2D eigenvalue weighted by molar-refractivity contribution is -0.116. The van der Waals surface area contributed by atoms with Crippen LogP contribution >= 0.6 is 15.9 Å². The summed E-state index contributed by atoms with van der Waals surface area (Å²) in [6.45, 7) is 11.3. The minimum atomic E-state index is -1.91. The number of nitrogens with zero attached hydrogens (tertiary/aromatic N) is 2. The van der Waals surface area contributed by atoms with Crippen molar-refractivity contribution in [3.8, 4) is 0 Å². The number of imide groups is 1. The van der Waals surface area contributed by atoms with Crippen molar-refractivity contribution in [2.75, 3.05) is 24.6 Å². The second-order valence-corrected chi connectivity index (χ2v) is 13.4. The van der Waals surface area contributed by atoms with Crippen LogP contribution in [0.1, 0.15) is 20.8 Å². The zero-order valence-electron chi connectivity index (χ0n) is 15.2. The molecule has 138 valence electrons. The Kier molecular flexibility index (Phi) is 5.75. The fourth-order valence-corrected chi connectivity index (χ4v) is 3.62. The summed E-state index contributed by atoms with van der Waals surface area (Å²) < 4.78 is 20.7. The summed E-state index contributed by atoms with van der Waals surface area (Å²) in [5, 5.41) is 0.0738. The molecule has 25 heavy (non-hydrogen) atoms. The molecule has 1 saturated heterocycles. The monoisotopic (exact) mass is 430 g/mol. The maximum absolute atomic E-state index is 14.1. The third-order valence-electron chi connectivity index (χ3n) is 4.82. The molecule has 0 bridgehead atoms. The highest BCUT2D eigenvalue weighted by atomic mass is 79.9. The molecule has 2 rings (SSSR count). The van der Waals surface area contributed by atoms with Crippen molar-refractivity contribution < 1.29 is 18.4 Å². The van der Waals surface area contributed by atoms with Crippen molar-refractivity contribution in [2.45, 2.75) is 38.9 Å². The number of halogens is 2. The number of rotatable bonds is 5. The van der Waals surface area contributed by atoms with Gasteiger partial charge in [0.15, 0.2) is 8.32 Å². The largest absolute Gasteiger partial charge is 0.415 e. The molecule has 0 aromatic heterocycles. The summed E-state index contributed by atoms with van der Waals surface area (Å²) >= 11 is 3.16. The minimum absolute atomic E-state index is 0.0222. The van der Waals surface area contributed by atoms with Gasteiger partial charge in [0.25, 0.3) is 5.91 Å². The van der Waals surface area contributed by atoms with Crippen molar-refractivity contribution in [3.63, 3.8) is 0 Å². The van der Waals surface area contributed by atoms with Gasteiger partial charge in [0.1, 0.15) is 12.4 Å². The van der Waals surface area contributed by atoms with Gasteiger partial charge in [0.05, 0.1) is 12.3 Å². The predicted molar refractivity (Wildman–Crippen MR) is 102 cm³/mol. The Hall–Kier alpha value is -1.25. The summed E-state index contributed by atoms with van der Waals surface area (Å²) in [4.78, 5) is 27.0. The Morgan fingerprint density at radius 1 is 1.28 bits per heavy atom. The number of benzene rings is 1. The number of hydrogen-bond acceptors (Lipinski definition) is 3. The van der Waals surface area contributed by atoms with Gasteiger partial charge in [-0.1, -0.05) is 36.7 Å². The Balaban J connectivity index is 2.04. The van der Waals surface area contributed by atoms with E-state index in [1.807, 2.05) is 0 Å². The van der Waals surface area contributed by atoms with Crippen LogP contribution < -0.4 is 4.90 Å². The maximum atomic E-state index is 14.1. The van der Waals surface area contributed by atoms with Crippen LogP contribution in [-0.4, -0.2) is 44.9 Å². The smallest absolute Gasteiger partial charge is 0.332 e. The molecule has 8 heteroatoms. The van der Waals surface area contributed by atoms with Crippen molar-refractivity contribution in [2.24, 2.45) is 0 Å². The molecule has 0 atom stereocenters. The number of carbonyl (C=O) groups is 2. The quantitative estimate of drug-likeness (QED) is 0.514. The second kappa shape index (κ2) is 7.17. The van der Waals surface area contributed by atoms with Gasteiger partial charge in [-0.05, 0) is 36.3 Å². The van der Waals surface area contributed by atoms with E-state index in [-0.39, 0.29) is 17.3 Å². The lowest BCUT2D eigenvalue weighted by atomic mass is 10.2. The molecule has 0 N–H and O–H groups in total. The van der Waals surface area contributed by atoms with Gasteiger partial charge in [-0.3, -0.25) is 4.79 Å². The van der Waals surface area contributed by atoms with Crippen LogP contribution in [0.25, 0.3) is 0 Å². The molecule has 1 aromatic carbocycles. The highest BCUT2D eigenvalue weighted by Crippen LogP contribution is 2.36. The van der Waals surface area contributed by atoms with Gasteiger partial charge in [0.2, 0.25) is 0 Å². The van der Waals surface area contributed by atoms with Gasteiger partial charge in [-0.15, -0.1) is 0 Å². The summed E-state index contributed by atoms with van der Waals surface area (Å²) in [7, 11) is -1.91. The molecule has 1 aliphatic rings. The van der Waals surface area contributed by atoms with Crippen LogP contribution in [0.2, 0.25) is 18.1 Å². The Labute approximate surface area is 157 Å². The summed E-state index contributed by atoms with van der Waals surface area (Å²) in [5.74, 6) is -1.05. The molecule has 0 radical (unpaired) electrons. The van der Waals surface area contributed by atoms with E-state index >= 15 is 0 Å². The summed E-state index contributed by atoms with van der Waals surface area (Å²) in [6.07, 6.45) is 0. The van der Waals surface area contributed by atoms with E-state index in [1.165, 1.54) is 17.0 Å². The molecule has 0 spiro atoms. The van der Waals surface area contributed by atoms with Crippen LogP contribution in [0.3, 0.4) is 0 Å². The fraction of sp³-hybridized carbons (Fsp3) is 0.529. The molecule has 0 saturated carbocycles. The number of urea groups is 1. The molecule has 0 aliphatic carbocycles. The van der Waals surface area contributed by atoms with E-state index < -0.39 is 26.1 Å². The van der Waals surface area contributed by atoms with Gasteiger partial charge in [-0.25, -0.2) is 14.1 Å². The molecule has 3 amide bonds. The third kappa shape index (κ3) is 4.29. The van der Waals surface area contributed by atoms with Gasteiger partial charge >= 0.3 is 6.03 Å². The molecular weight excluding hydrogens is 407 g/mol. The van der Waals surface area contributed by atoms with Crippen molar-refractivity contribution in [1.82, 2.24) is 4.90 Å². The molecule has 1 fully saturated rings. The standard InChI is InChI=1S/C17H24BrFN2O3Si/c1-17(2,3)25(4,5)24-9-8-20-11-15(22)21(16(20)23)14-7-6-12(18)10-13(14)19/h6-7,10H,8-9,11H2,1-5H3. The van der Waals surface area contributed by atoms with E-state index in [9.17, 15) is 14.0 Å². The fourth-order valence-electron chi connectivity index (χ4n) is 2.25. The average molecular weight is 431 g/mol. The zero-order chi connectivity index (χ0) is 19.0. The van der Waals surface area contributed by atoms with Crippen LogP contribution in [0, 0.1) is 5.82 Å². The molecular formula is C17H24BrFN2O3Si. The number of hydrogen-bond donors (Lipinski definition) is 0. The second-order valence-electron chi connectivity index (χ2n) is 7.64. The molecule has 0 unspecified atom stereocenters. The highest BCUT2D eigenvalue weighted by Gasteiger charge is 2.40. The van der Waals surface area contributed by atoms with Gasteiger partial charge < -0.3 is 9.33 Å². The van der Waals surface area contributed by atoms with E-state index in [0.29, 0.717) is 17.6 Å². The van der Waals surface area contributed by atoms with E-state index in [4.69, 9.17) is 4.43 Å². The Bertz CT molecular complexity index is 691. The first-order valence-corrected chi connectivity index (χ1v) is 11.8. The third-order valence-corrected chi connectivity index (χ3v) is 9.85. The average Bonchev–Trinajstić information content (AvgIpc) is 2.73. The van der Waals surface area contributed by atoms with Gasteiger partial charge in [-0.2, -0.15) is 0 Å². The Morgan fingerprint density at radius 3 is 2.48 bits per heavy atom. The summed E-state index contributed by atoms with van der Waals surface area (Å²) in [6, 6.07) is 3.75. The maximum Gasteiger partial charge on any atom is 0.332 e. The number of amides is 3. The molecule has 1 aromatic rings. The van der Waals surface area contributed by atoms with E-state index in [1.54, 1.807) is 6.07 Å². The first-order valence-electron chi connectivity index (χ1n) is 8.15. The van der Waals surface area contributed by atoms with E-state index in [0.717, 1.165) is 4.90 Å². The normalized spacial score (nSPS) is 16.1. The molecule has 5 nitrogen and oxygen atoms in total. The summed E-state index contributed by atoms with van der Waals surface area (Å²) in [5.41, 5.74) is -0.0222. The van der Waals surface area contributed by atoms with Crippen LogP contribution in [0.4, 0.5) is 14.9 Å². The first kappa shape index (κ1) is 20.1. The van der Waals surface area contributed by atoms with Crippen LogP contribution in [0.15, 0.2) is 22.7 Å². The predicted octanol–water partition coefficient (Wildman–Crippen LogP) is 4.38.